The Hall–Kier alpha value is -0.520. The average molecular weight is 438 g/mol. The van der Waals surface area contributed by atoms with Gasteiger partial charge in [-0.3, -0.25) is 0 Å². The highest BCUT2D eigenvalue weighted by molar-refractivity contribution is 9.10. The molecule has 1 atom stereocenters. The maximum absolute atomic E-state index is 6.21. The molecule has 0 bridgehead atoms. The van der Waals surface area contributed by atoms with Gasteiger partial charge in [0.1, 0.15) is 5.82 Å². The number of halogens is 4. The molecule has 3 nitrogen and oxygen atoms in total. The van der Waals surface area contributed by atoms with E-state index in [9.17, 15) is 0 Å². The van der Waals surface area contributed by atoms with Gasteiger partial charge in [0.15, 0.2) is 0 Å². The van der Waals surface area contributed by atoms with E-state index in [-0.39, 0.29) is 12.4 Å². The van der Waals surface area contributed by atoms with Crippen molar-refractivity contribution in [1.29, 1.82) is 0 Å². The molecular weight excluding hydrogens is 420 g/mol. The second-order valence-electron chi connectivity index (χ2n) is 5.38. The van der Waals surface area contributed by atoms with Crippen LogP contribution in [0.15, 0.2) is 41.0 Å². The number of pyridine rings is 1. The topological polar surface area (TPSA) is 28.2 Å². The smallest absolute Gasteiger partial charge is 0.128 e. The molecule has 0 spiro atoms. The van der Waals surface area contributed by atoms with Crippen molar-refractivity contribution in [3.05, 3.63) is 56.6 Å². The predicted molar refractivity (Wildman–Crippen MR) is 103 cm³/mol. The summed E-state index contributed by atoms with van der Waals surface area (Å²) in [7, 11) is 0. The van der Waals surface area contributed by atoms with E-state index < -0.39 is 0 Å². The Balaban J connectivity index is 0.00000192. The highest BCUT2D eigenvalue weighted by Crippen LogP contribution is 2.23. The first-order valence-corrected chi connectivity index (χ1v) is 8.70. The van der Waals surface area contributed by atoms with E-state index in [2.05, 4.69) is 31.1 Å². The summed E-state index contributed by atoms with van der Waals surface area (Å²) in [5.41, 5.74) is 1.08. The number of benzene rings is 1. The van der Waals surface area contributed by atoms with Crippen molar-refractivity contribution in [2.45, 2.75) is 19.0 Å². The van der Waals surface area contributed by atoms with Crippen molar-refractivity contribution in [1.82, 2.24) is 10.3 Å². The molecule has 0 amide bonds. The van der Waals surface area contributed by atoms with E-state index in [0.29, 0.717) is 16.1 Å². The lowest BCUT2D eigenvalue weighted by Crippen LogP contribution is -2.32. The fourth-order valence-electron chi connectivity index (χ4n) is 2.61. The normalized spacial score (nSPS) is 17.2. The van der Waals surface area contributed by atoms with Gasteiger partial charge in [-0.2, -0.15) is 0 Å². The van der Waals surface area contributed by atoms with Gasteiger partial charge in [0.05, 0.1) is 0 Å². The maximum Gasteiger partial charge on any atom is 0.128 e. The van der Waals surface area contributed by atoms with Gasteiger partial charge in [0.25, 0.3) is 0 Å². The zero-order valence-corrected chi connectivity index (χ0v) is 16.2. The van der Waals surface area contributed by atoms with E-state index in [1.165, 1.54) is 0 Å². The van der Waals surface area contributed by atoms with Gasteiger partial charge >= 0.3 is 0 Å². The molecule has 7 heteroatoms. The molecule has 0 saturated carbocycles. The zero-order chi connectivity index (χ0) is 15.5. The first-order chi connectivity index (χ1) is 10.6. The molecular formula is C16H17BrCl3N3. The second-order valence-corrected chi connectivity index (χ2v) is 7.14. The first kappa shape index (κ1) is 18.8. The van der Waals surface area contributed by atoms with Gasteiger partial charge in [0.2, 0.25) is 0 Å². The van der Waals surface area contributed by atoms with Gasteiger partial charge < -0.3 is 10.2 Å². The fraction of sp³-hybridized carbons (Fsp3) is 0.312. The quantitative estimate of drug-likeness (QED) is 0.734. The summed E-state index contributed by atoms with van der Waals surface area (Å²) < 4.78 is 1.00. The minimum absolute atomic E-state index is 0. The lowest BCUT2D eigenvalue weighted by molar-refractivity contribution is 0.551. The van der Waals surface area contributed by atoms with E-state index >= 15 is 0 Å². The number of hydrogen-bond acceptors (Lipinski definition) is 3. The van der Waals surface area contributed by atoms with Crippen LogP contribution in [0.4, 0.5) is 5.82 Å². The van der Waals surface area contributed by atoms with E-state index in [4.69, 9.17) is 23.2 Å². The Morgan fingerprint density at radius 2 is 2.09 bits per heavy atom. The van der Waals surface area contributed by atoms with Gasteiger partial charge in [-0.15, -0.1) is 12.4 Å². The van der Waals surface area contributed by atoms with Gasteiger partial charge in [-0.25, -0.2) is 4.98 Å². The molecule has 1 aromatic heterocycles. The first-order valence-electron chi connectivity index (χ1n) is 7.15. The standard InChI is InChI=1S/C16H16BrCl2N3.ClH/c17-12-2-4-16(21-9-12)22-6-5-14(10-22)20-8-11-1-3-13(18)7-15(11)19;/h1-4,7,9,14,20H,5-6,8,10H2;1H. The molecule has 1 saturated heterocycles. The van der Waals surface area contributed by atoms with Crippen LogP contribution in [0.1, 0.15) is 12.0 Å². The second kappa shape index (κ2) is 8.54. The lowest BCUT2D eigenvalue weighted by Gasteiger charge is -2.18. The largest absolute Gasteiger partial charge is 0.355 e. The van der Waals surface area contributed by atoms with Gasteiger partial charge in [-0.1, -0.05) is 29.3 Å². The molecule has 2 aromatic rings. The van der Waals surface area contributed by atoms with Gasteiger partial charge in [0, 0.05) is 46.4 Å². The third-order valence-electron chi connectivity index (χ3n) is 3.82. The Kier molecular flexibility index (Phi) is 6.99. The number of nitrogens with one attached hydrogen (secondary N) is 1. The van der Waals surface area contributed by atoms with Crippen LogP contribution in [-0.2, 0) is 6.54 Å². The molecule has 1 N–H and O–H groups in total. The van der Waals surface area contributed by atoms with E-state index in [1.54, 1.807) is 6.07 Å². The monoisotopic (exact) mass is 435 g/mol. The lowest BCUT2D eigenvalue weighted by atomic mass is 10.2. The molecule has 2 heterocycles. The molecule has 23 heavy (non-hydrogen) atoms. The summed E-state index contributed by atoms with van der Waals surface area (Å²) in [6, 6.07) is 10.1. The highest BCUT2D eigenvalue weighted by Gasteiger charge is 2.23. The molecule has 1 aromatic carbocycles. The summed E-state index contributed by atoms with van der Waals surface area (Å²) in [6.45, 7) is 2.72. The van der Waals surface area contributed by atoms with Crippen LogP contribution in [-0.4, -0.2) is 24.1 Å². The van der Waals surface area contributed by atoms with Crippen molar-refractivity contribution >= 4 is 57.4 Å². The Morgan fingerprint density at radius 3 is 2.78 bits per heavy atom. The third-order valence-corrected chi connectivity index (χ3v) is 4.88. The number of aromatic nitrogens is 1. The van der Waals surface area contributed by atoms with Crippen LogP contribution in [0, 0.1) is 0 Å². The predicted octanol–water partition coefficient (Wildman–Crippen LogP) is 4.94. The van der Waals surface area contributed by atoms with Crippen molar-refractivity contribution in [3.8, 4) is 0 Å². The van der Waals surface area contributed by atoms with Crippen LogP contribution in [0.2, 0.25) is 10.0 Å². The Labute approximate surface area is 160 Å². The highest BCUT2D eigenvalue weighted by atomic mass is 79.9. The number of rotatable bonds is 4. The summed E-state index contributed by atoms with van der Waals surface area (Å²) in [5, 5.41) is 4.94. The van der Waals surface area contributed by atoms with Crippen molar-refractivity contribution in [2.75, 3.05) is 18.0 Å². The molecule has 1 fully saturated rings. The average Bonchev–Trinajstić information content (AvgIpc) is 2.96. The summed E-state index contributed by atoms with van der Waals surface area (Å²) in [4.78, 5) is 6.75. The molecule has 0 aliphatic carbocycles. The minimum Gasteiger partial charge on any atom is -0.355 e. The van der Waals surface area contributed by atoms with Crippen molar-refractivity contribution in [2.24, 2.45) is 0 Å². The molecule has 0 radical (unpaired) electrons. The fourth-order valence-corrected chi connectivity index (χ4v) is 3.32. The molecule has 1 aliphatic heterocycles. The van der Waals surface area contributed by atoms with Crippen LogP contribution in [0.25, 0.3) is 0 Å². The van der Waals surface area contributed by atoms with Crippen LogP contribution < -0.4 is 10.2 Å². The van der Waals surface area contributed by atoms with Crippen LogP contribution >= 0.6 is 51.5 Å². The van der Waals surface area contributed by atoms with Crippen LogP contribution in [0.3, 0.4) is 0 Å². The number of anilines is 1. The third kappa shape index (κ3) is 4.97. The SMILES string of the molecule is Cl.Clc1ccc(CNC2CCN(c3ccc(Br)cn3)C2)c(Cl)c1. The molecule has 124 valence electrons. The number of hydrogen-bond donors (Lipinski definition) is 1. The Bertz CT molecular complexity index is 652. The molecule has 1 unspecified atom stereocenters. The van der Waals surface area contributed by atoms with E-state index in [0.717, 1.165) is 41.9 Å². The van der Waals surface area contributed by atoms with Crippen molar-refractivity contribution < 1.29 is 0 Å². The summed E-state index contributed by atoms with van der Waals surface area (Å²) >= 11 is 15.5. The zero-order valence-electron chi connectivity index (χ0n) is 12.3. The van der Waals surface area contributed by atoms with Crippen molar-refractivity contribution in [3.63, 3.8) is 0 Å². The Morgan fingerprint density at radius 1 is 1.26 bits per heavy atom. The molecule has 1 aliphatic rings. The summed E-state index contributed by atoms with van der Waals surface area (Å²) in [6.07, 6.45) is 2.94. The molecule has 3 rings (SSSR count). The maximum atomic E-state index is 6.21. The minimum atomic E-state index is 0. The van der Waals surface area contributed by atoms with Crippen LogP contribution in [0.5, 0.6) is 0 Å². The summed E-state index contributed by atoms with van der Waals surface area (Å²) in [5.74, 6) is 1.03. The number of nitrogens with zero attached hydrogens (tertiary/aromatic N) is 2. The van der Waals surface area contributed by atoms with E-state index in [1.807, 2.05) is 30.5 Å². The van der Waals surface area contributed by atoms with Gasteiger partial charge in [-0.05, 0) is 52.2 Å².